The number of hydrogen-bond acceptors (Lipinski definition) is 7. The summed E-state index contributed by atoms with van der Waals surface area (Å²) in [5, 5.41) is 12.8. The van der Waals surface area contributed by atoms with Crippen molar-refractivity contribution < 1.29 is 24.2 Å². The number of likely N-dealkylation sites (N-methyl/N-ethyl adjacent to an activating group) is 1. The molecule has 4 aromatic rings. The zero-order valence-electron chi connectivity index (χ0n) is 25.2. The second-order valence-corrected chi connectivity index (χ2v) is 11.3. The number of nitrogens with zero attached hydrogens (tertiary/aromatic N) is 3. The summed E-state index contributed by atoms with van der Waals surface area (Å²) in [7, 11) is 2.04. The molecule has 2 amide bonds. The average Bonchev–Trinajstić information content (AvgIpc) is 3.04. The summed E-state index contributed by atoms with van der Waals surface area (Å²) in [6, 6.07) is 25.7. The molecule has 0 bridgehead atoms. The number of anilines is 1. The molecule has 9 nitrogen and oxygen atoms in total. The van der Waals surface area contributed by atoms with Crippen LogP contribution in [-0.2, 0) is 6.54 Å². The number of para-hydroxylation sites is 1. The van der Waals surface area contributed by atoms with Crippen molar-refractivity contribution in [2.45, 2.75) is 32.5 Å². The second kappa shape index (κ2) is 14.2. The van der Waals surface area contributed by atoms with Crippen LogP contribution < -0.4 is 14.8 Å². The highest BCUT2D eigenvalue weighted by molar-refractivity contribution is 6.05. The van der Waals surface area contributed by atoms with E-state index in [1.807, 2.05) is 56.4 Å². The lowest BCUT2D eigenvalue weighted by Gasteiger charge is -2.38. The van der Waals surface area contributed by atoms with Crippen LogP contribution in [0.2, 0.25) is 0 Å². The van der Waals surface area contributed by atoms with Crippen LogP contribution in [0.3, 0.4) is 0 Å². The van der Waals surface area contributed by atoms with Crippen LogP contribution in [0.5, 0.6) is 17.2 Å². The number of aliphatic hydroxyl groups excluding tert-OH is 1. The first-order valence-corrected chi connectivity index (χ1v) is 14.7. The summed E-state index contributed by atoms with van der Waals surface area (Å²) in [6.45, 7) is 5.44. The molecule has 9 heteroatoms. The van der Waals surface area contributed by atoms with Crippen molar-refractivity contribution in [1.82, 2.24) is 14.8 Å². The molecule has 0 aliphatic carbocycles. The Morgan fingerprint density at radius 1 is 1.07 bits per heavy atom. The first-order chi connectivity index (χ1) is 21.3. The molecule has 0 unspecified atom stereocenters. The molecule has 2 heterocycles. The number of amides is 2. The number of fused-ring (bicyclic) bond motifs is 1. The molecule has 3 aromatic carbocycles. The molecule has 0 spiro atoms. The van der Waals surface area contributed by atoms with Gasteiger partial charge in [-0.3, -0.25) is 19.5 Å². The molecule has 0 saturated carbocycles. The van der Waals surface area contributed by atoms with E-state index < -0.39 is 0 Å². The molecule has 2 N–H and O–H groups in total. The predicted octanol–water partition coefficient (Wildman–Crippen LogP) is 5.48. The van der Waals surface area contributed by atoms with E-state index in [1.54, 1.807) is 47.6 Å². The van der Waals surface area contributed by atoms with Gasteiger partial charge < -0.3 is 24.8 Å². The third-order valence-corrected chi connectivity index (χ3v) is 7.71. The summed E-state index contributed by atoms with van der Waals surface area (Å²) in [6.07, 6.45) is 2.86. The number of nitrogens with one attached hydrogen (secondary N) is 1. The quantitative estimate of drug-likeness (QED) is 0.251. The Kier molecular flexibility index (Phi) is 9.89. The fourth-order valence-corrected chi connectivity index (χ4v) is 5.20. The van der Waals surface area contributed by atoms with Gasteiger partial charge in [-0.25, -0.2) is 0 Å². The van der Waals surface area contributed by atoms with E-state index in [9.17, 15) is 14.7 Å². The largest absolute Gasteiger partial charge is 0.488 e. The van der Waals surface area contributed by atoms with Gasteiger partial charge in [0.2, 0.25) is 0 Å². The zero-order chi connectivity index (χ0) is 31.1. The molecule has 0 fully saturated rings. The van der Waals surface area contributed by atoms with E-state index in [0.29, 0.717) is 42.2 Å². The molecule has 3 atom stereocenters. The maximum Gasteiger partial charge on any atom is 0.258 e. The third-order valence-electron chi connectivity index (χ3n) is 7.71. The number of hydrogen-bond donors (Lipinski definition) is 2. The van der Waals surface area contributed by atoms with Crippen molar-refractivity contribution in [2.75, 3.05) is 32.1 Å². The number of benzene rings is 3. The molecule has 5 rings (SSSR count). The van der Waals surface area contributed by atoms with Crippen LogP contribution in [0, 0.1) is 5.92 Å². The summed E-state index contributed by atoms with van der Waals surface area (Å²) >= 11 is 0. The van der Waals surface area contributed by atoms with Crippen LogP contribution in [0.25, 0.3) is 0 Å². The first-order valence-electron chi connectivity index (χ1n) is 14.7. The molecule has 0 radical (unpaired) electrons. The van der Waals surface area contributed by atoms with Gasteiger partial charge in [0.25, 0.3) is 11.8 Å². The number of pyridine rings is 1. The van der Waals surface area contributed by atoms with Crippen LogP contribution in [0.1, 0.15) is 40.1 Å². The smallest absolute Gasteiger partial charge is 0.258 e. The van der Waals surface area contributed by atoms with E-state index in [1.165, 1.54) is 0 Å². The molecule has 1 aliphatic heterocycles. The van der Waals surface area contributed by atoms with Gasteiger partial charge in [0.05, 0.1) is 18.2 Å². The molecule has 228 valence electrons. The normalized spacial score (nSPS) is 17.2. The van der Waals surface area contributed by atoms with Crippen LogP contribution in [0.15, 0.2) is 97.3 Å². The summed E-state index contributed by atoms with van der Waals surface area (Å²) < 4.78 is 12.5. The fraction of sp³-hybridized carbons (Fsp3) is 0.286. The van der Waals surface area contributed by atoms with E-state index in [4.69, 9.17) is 9.47 Å². The highest BCUT2D eigenvalue weighted by Gasteiger charge is 2.33. The number of carbonyl (C=O) groups excluding carboxylic acids is 2. The summed E-state index contributed by atoms with van der Waals surface area (Å²) in [4.78, 5) is 34.4. The van der Waals surface area contributed by atoms with E-state index >= 15 is 0 Å². The summed E-state index contributed by atoms with van der Waals surface area (Å²) in [5.74, 6) is 1.43. The molecule has 1 aliphatic rings. The SMILES string of the molecule is C[C@@H]1CN([C@H](C)CO)C(=O)c2cc(NC(=O)c3ccncc3)ccc2O[C@H]1CN(C)Cc1ccc(Oc2ccccc2)cc1. The summed E-state index contributed by atoms with van der Waals surface area (Å²) in [5.41, 5.74) is 2.40. The predicted molar refractivity (Wildman–Crippen MR) is 169 cm³/mol. The monoisotopic (exact) mass is 594 g/mol. The van der Waals surface area contributed by atoms with Gasteiger partial charge in [-0.1, -0.05) is 37.3 Å². The van der Waals surface area contributed by atoms with Crippen LogP contribution in [0.4, 0.5) is 5.69 Å². The van der Waals surface area contributed by atoms with Crippen molar-refractivity contribution in [3.05, 3.63) is 114 Å². The van der Waals surface area contributed by atoms with Gasteiger partial charge >= 0.3 is 0 Å². The maximum atomic E-state index is 13.7. The van der Waals surface area contributed by atoms with Gasteiger partial charge in [-0.2, -0.15) is 0 Å². The Labute approximate surface area is 258 Å². The van der Waals surface area contributed by atoms with Crippen molar-refractivity contribution in [3.63, 3.8) is 0 Å². The fourth-order valence-electron chi connectivity index (χ4n) is 5.20. The molecule has 0 saturated heterocycles. The minimum atomic E-state index is -0.388. The van der Waals surface area contributed by atoms with E-state index in [2.05, 4.69) is 34.3 Å². The van der Waals surface area contributed by atoms with Gasteiger partial charge in [0, 0.05) is 49.2 Å². The Morgan fingerprint density at radius 3 is 2.48 bits per heavy atom. The number of rotatable bonds is 10. The van der Waals surface area contributed by atoms with Crippen LogP contribution in [-0.4, -0.2) is 70.6 Å². The van der Waals surface area contributed by atoms with Crippen LogP contribution >= 0.6 is 0 Å². The van der Waals surface area contributed by atoms with Crippen molar-refractivity contribution >= 4 is 17.5 Å². The standard InChI is InChI=1S/C35H38N4O5/c1-24-20-39(25(2)23-40)35(42)31-19-28(37-34(41)27-15-17-36-18-16-27)11-14-32(31)44-33(24)22-38(3)21-26-9-12-30(13-10-26)43-29-7-5-4-6-8-29/h4-19,24-25,33,40H,20-23H2,1-3H3,(H,37,41)/t24-,25-,33+/m1/s1. The van der Waals surface area contributed by atoms with Crippen molar-refractivity contribution in [2.24, 2.45) is 5.92 Å². The second-order valence-electron chi connectivity index (χ2n) is 11.3. The number of ether oxygens (including phenoxy) is 2. The molecule has 44 heavy (non-hydrogen) atoms. The van der Waals surface area contributed by atoms with Crippen molar-refractivity contribution in [3.8, 4) is 17.2 Å². The van der Waals surface area contributed by atoms with Crippen molar-refractivity contribution in [1.29, 1.82) is 0 Å². The Balaban J connectivity index is 1.31. The minimum Gasteiger partial charge on any atom is -0.488 e. The topological polar surface area (TPSA) is 104 Å². The highest BCUT2D eigenvalue weighted by atomic mass is 16.5. The number of aromatic nitrogens is 1. The molecule has 1 aromatic heterocycles. The van der Waals surface area contributed by atoms with E-state index in [-0.39, 0.29) is 36.5 Å². The number of carbonyl (C=O) groups is 2. The lowest BCUT2D eigenvalue weighted by atomic mass is 9.99. The number of aliphatic hydroxyl groups is 1. The third kappa shape index (κ3) is 7.61. The average molecular weight is 595 g/mol. The lowest BCUT2D eigenvalue weighted by molar-refractivity contribution is 0.0341. The van der Waals surface area contributed by atoms with E-state index in [0.717, 1.165) is 17.1 Å². The van der Waals surface area contributed by atoms with Gasteiger partial charge in [0.15, 0.2) is 0 Å². The molecular weight excluding hydrogens is 556 g/mol. The Morgan fingerprint density at radius 2 is 1.77 bits per heavy atom. The van der Waals surface area contributed by atoms with Gasteiger partial charge in [-0.05, 0) is 74.1 Å². The lowest BCUT2D eigenvalue weighted by Crippen LogP contribution is -2.49. The molecular formula is C35H38N4O5. The first kappa shape index (κ1) is 30.7. The highest BCUT2D eigenvalue weighted by Crippen LogP contribution is 2.31. The maximum absolute atomic E-state index is 13.7. The zero-order valence-corrected chi connectivity index (χ0v) is 25.2. The van der Waals surface area contributed by atoms with Gasteiger partial charge in [0.1, 0.15) is 23.4 Å². The van der Waals surface area contributed by atoms with Gasteiger partial charge in [-0.15, -0.1) is 0 Å². The minimum absolute atomic E-state index is 0.0173. The Bertz CT molecular complexity index is 1550. The Hall–Kier alpha value is -4.73.